The molecule has 1 unspecified atom stereocenters. The minimum Gasteiger partial charge on any atom is -0.450 e. The van der Waals surface area contributed by atoms with Gasteiger partial charge in [0, 0.05) is 23.9 Å². The second-order valence-electron chi connectivity index (χ2n) is 4.30. The fourth-order valence-electron chi connectivity index (χ4n) is 2.34. The summed E-state index contributed by atoms with van der Waals surface area (Å²) in [6.45, 7) is 6.06. The number of ether oxygens (including phenoxy) is 1. The second kappa shape index (κ2) is 5.54. The molecule has 17 heavy (non-hydrogen) atoms. The maximum absolute atomic E-state index is 11.8. The van der Waals surface area contributed by atoms with Crippen LogP contribution >= 0.6 is 11.3 Å². The molecular weight excluding hydrogens is 234 g/mol. The summed E-state index contributed by atoms with van der Waals surface area (Å²) in [5.74, 6) is 0.461. The van der Waals surface area contributed by atoms with Gasteiger partial charge in [0.2, 0.25) is 0 Å². The first-order valence-electron chi connectivity index (χ1n) is 6.24. The quantitative estimate of drug-likeness (QED) is 0.809. The topological polar surface area (TPSA) is 29.5 Å². The summed E-state index contributed by atoms with van der Waals surface area (Å²) in [5.41, 5.74) is 1.43. The standard InChI is InChI=1S/C13H19NO2S/c1-3-10-9-14(13(15)16-4-2)7-5-12-11(10)6-8-17-12/h6,8,10H,3-5,7,9H2,1-2H3. The lowest BCUT2D eigenvalue weighted by Gasteiger charge is -2.23. The van der Waals surface area contributed by atoms with Crippen LogP contribution in [0.15, 0.2) is 11.4 Å². The van der Waals surface area contributed by atoms with Gasteiger partial charge in [0.25, 0.3) is 0 Å². The Morgan fingerprint density at radius 3 is 3.12 bits per heavy atom. The number of amides is 1. The highest BCUT2D eigenvalue weighted by atomic mass is 32.1. The van der Waals surface area contributed by atoms with Crippen molar-refractivity contribution in [1.82, 2.24) is 4.90 Å². The van der Waals surface area contributed by atoms with Gasteiger partial charge in [0.15, 0.2) is 0 Å². The molecule has 4 heteroatoms. The molecule has 2 rings (SSSR count). The van der Waals surface area contributed by atoms with Crippen LogP contribution in [0, 0.1) is 0 Å². The maximum Gasteiger partial charge on any atom is 0.409 e. The number of nitrogens with zero attached hydrogens (tertiary/aromatic N) is 1. The molecule has 0 aromatic carbocycles. The average molecular weight is 253 g/mol. The zero-order valence-electron chi connectivity index (χ0n) is 10.4. The normalized spacial score (nSPS) is 19.6. The Morgan fingerprint density at radius 1 is 1.59 bits per heavy atom. The van der Waals surface area contributed by atoms with Crippen molar-refractivity contribution in [3.05, 3.63) is 21.9 Å². The van der Waals surface area contributed by atoms with E-state index in [2.05, 4.69) is 18.4 Å². The second-order valence-corrected chi connectivity index (χ2v) is 5.30. The van der Waals surface area contributed by atoms with Crippen LogP contribution in [-0.4, -0.2) is 30.7 Å². The Morgan fingerprint density at radius 2 is 2.41 bits per heavy atom. The van der Waals surface area contributed by atoms with Gasteiger partial charge in [-0.25, -0.2) is 4.79 Å². The highest BCUT2D eigenvalue weighted by Crippen LogP contribution is 2.31. The van der Waals surface area contributed by atoms with Gasteiger partial charge in [0.05, 0.1) is 6.61 Å². The molecule has 0 bridgehead atoms. The Labute approximate surface area is 106 Å². The van der Waals surface area contributed by atoms with Crippen LogP contribution in [0.5, 0.6) is 0 Å². The molecule has 0 saturated heterocycles. The van der Waals surface area contributed by atoms with Crippen molar-refractivity contribution in [2.75, 3.05) is 19.7 Å². The molecule has 1 atom stereocenters. The molecule has 0 spiro atoms. The Kier molecular flexibility index (Phi) is 4.05. The molecule has 0 aliphatic carbocycles. The Hall–Kier alpha value is -1.03. The van der Waals surface area contributed by atoms with Crippen LogP contribution in [0.4, 0.5) is 4.79 Å². The summed E-state index contributed by atoms with van der Waals surface area (Å²) in [5, 5.41) is 2.16. The largest absolute Gasteiger partial charge is 0.450 e. The summed E-state index contributed by atoms with van der Waals surface area (Å²) < 4.78 is 5.10. The van der Waals surface area contributed by atoms with Crippen molar-refractivity contribution in [2.45, 2.75) is 32.6 Å². The van der Waals surface area contributed by atoms with E-state index in [1.54, 1.807) is 11.3 Å². The lowest BCUT2D eigenvalue weighted by molar-refractivity contribution is 0.106. The maximum atomic E-state index is 11.8. The number of hydrogen-bond acceptors (Lipinski definition) is 3. The first-order valence-corrected chi connectivity index (χ1v) is 7.12. The molecule has 1 aliphatic heterocycles. The third-order valence-corrected chi connectivity index (χ3v) is 4.28. The monoisotopic (exact) mass is 253 g/mol. The van der Waals surface area contributed by atoms with E-state index in [1.165, 1.54) is 10.4 Å². The van der Waals surface area contributed by atoms with E-state index in [1.807, 2.05) is 11.8 Å². The van der Waals surface area contributed by atoms with E-state index in [9.17, 15) is 4.79 Å². The molecule has 2 heterocycles. The minimum absolute atomic E-state index is 0.166. The molecule has 1 aromatic heterocycles. The fraction of sp³-hybridized carbons (Fsp3) is 0.615. The van der Waals surface area contributed by atoms with E-state index in [-0.39, 0.29) is 6.09 Å². The Balaban J connectivity index is 2.13. The van der Waals surface area contributed by atoms with Crippen molar-refractivity contribution in [1.29, 1.82) is 0 Å². The van der Waals surface area contributed by atoms with Crippen molar-refractivity contribution in [3.63, 3.8) is 0 Å². The summed E-state index contributed by atoms with van der Waals surface area (Å²) in [6, 6.07) is 2.21. The molecule has 1 aliphatic rings. The molecule has 0 fully saturated rings. The average Bonchev–Trinajstić information content (AvgIpc) is 2.71. The van der Waals surface area contributed by atoms with E-state index in [0.29, 0.717) is 12.5 Å². The lowest BCUT2D eigenvalue weighted by atomic mass is 9.97. The number of carbonyl (C=O) groups is 1. The van der Waals surface area contributed by atoms with E-state index < -0.39 is 0 Å². The molecule has 1 amide bonds. The van der Waals surface area contributed by atoms with Crippen molar-refractivity contribution < 1.29 is 9.53 Å². The van der Waals surface area contributed by atoms with Crippen LogP contribution in [-0.2, 0) is 11.2 Å². The molecule has 94 valence electrons. The molecule has 0 saturated carbocycles. The number of rotatable bonds is 2. The van der Waals surface area contributed by atoms with E-state index in [0.717, 1.165) is 25.9 Å². The van der Waals surface area contributed by atoms with Crippen molar-refractivity contribution in [3.8, 4) is 0 Å². The van der Waals surface area contributed by atoms with Gasteiger partial charge in [-0.1, -0.05) is 6.92 Å². The zero-order valence-corrected chi connectivity index (χ0v) is 11.3. The van der Waals surface area contributed by atoms with Gasteiger partial charge < -0.3 is 9.64 Å². The predicted octanol–water partition coefficient (Wildman–Crippen LogP) is 3.26. The molecule has 3 nitrogen and oxygen atoms in total. The SMILES string of the molecule is CCOC(=O)N1CCc2sccc2C(CC)C1. The number of hydrogen-bond donors (Lipinski definition) is 0. The molecular formula is C13H19NO2S. The first-order chi connectivity index (χ1) is 8.26. The summed E-state index contributed by atoms with van der Waals surface area (Å²) >= 11 is 1.81. The van der Waals surface area contributed by atoms with Crippen LogP contribution in [0.25, 0.3) is 0 Å². The van der Waals surface area contributed by atoms with Crippen LogP contribution < -0.4 is 0 Å². The molecule has 0 N–H and O–H groups in total. The third-order valence-electron chi connectivity index (χ3n) is 3.29. The van der Waals surface area contributed by atoms with Gasteiger partial charge in [-0.15, -0.1) is 11.3 Å². The highest BCUT2D eigenvalue weighted by molar-refractivity contribution is 7.10. The molecule has 0 radical (unpaired) electrons. The lowest BCUT2D eigenvalue weighted by Crippen LogP contribution is -2.35. The van der Waals surface area contributed by atoms with Gasteiger partial charge in [-0.05, 0) is 36.8 Å². The fourth-order valence-corrected chi connectivity index (χ4v) is 3.30. The van der Waals surface area contributed by atoms with E-state index >= 15 is 0 Å². The van der Waals surface area contributed by atoms with Crippen LogP contribution in [0.2, 0.25) is 0 Å². The van der Waals surface area contributed by atoms with Gasteiger partial charge >= 0.3 is 6.09 Å². The first kappa shape index (κ1) is 12.4. The molecule has 1 aromatic rings. The van der Waals surface area contributed by atoms with Gasteiger partial charge in [0.1, 0.15) is 0 Å². The number of thiophene rings is 1. The van der Waals surface area contributed by atoms with E-state index in [4.69, 9.17) is 4.74 Å². The Bertz CT molecular complexity index is 389. The zero-order chi connectivity index (χ0) is 12.3. The van der Waals surface area contributed by atoms with Crippen LogP contribution in [0.3, 0.4) is 0 Å². The van der Waals surface area contributed by atoms with Crippen LogP contribution in [0.1, 0.15) is 36.6 Å². The predicted molar refractivity (Wildman–Crippen MR) is 69.7 cm³/mol. The van der Waals surface area contributed by atoms with Crippen molar-refractivity contribution >= 4 is 17.4 Å². The number of carbonyl (C=O) groups excluding carboxylic acids is 1. The van der Waals surface area contributed by atoms with Gasteiger partial charge in [-0.3, -0.25) is 0 Å². The summed E-state index contributed by atoms with van der Waals surface area (Å²) in [7, 11) is 0. The minimum atomic E-state index is -0.166. The smallest absolute Gasteiger partial charge is 0.409 e. The number of fused-ring (bicyclic) bond motifs is 1. The van der Waals surface area contributed by atoms with Gasteiger partial charge in [-0.2, -0.15) is 0 Å². The van der Waals surface area contributed by atoms with Crippen molar-refractivity contribution in [2.24, 2.45) is 0 Å². The summed E-state index contributed by atoms with van der Waals surface area (Å²) in [6.07, 6.45) is 1.86. The summed E-state index contributed by atoms with van der Waals surface area (Å²) in [4.78, 5) is 15.1. The third kappa shape index (κ3) is 2.63. The highest BCUT2D eigenvalue weighted by Gasteiger charge is 2.26.